The number of rotatable bonds is 8. The molecule has 0 bridgehead atoms. The number of hydrogen-bond acceptors (Lipinski definition) is 4. The normalized spacial score (nSPS) is 14.6. The fourth-order valence-electron chi connectivity index (χ4n) is 4.82. The van der Waals surface area contributed by atoms with E-state index in [2.05, 4.69) is 5.32 Å². The molecule has 5 rings (SSSR count). The summed E-state index contributed by atoms with van der Waals surface area (Å²) in [5.41, 5.74) is 9.34. The molecule has 1 unspecified atom stereocenters. The number of para-hydroxylation sites is 2. The van der Waals surface area contributed by atoms with Gasteiger partial charge in [0, 0.05) is 35.8 Å². The van der Waals surface area contributed by atoms with Gasteiger partial charge in [0.25, 0.3) is 0 Å². The predicted octanol–water partition coefficient (Wildman–Crippen LogP) is 5.89. The summed E-state index contributed by atoms with van der Waals surface area (Å²) in [5.74, 6) is -3.38. The standard InChI is InChI=1S/C32H28ClFN4O3.ClH/c33-24-13-9-22(10-14-24)20-37-28-7-3-4-8-29(28)38(25-15-11-21(18-35)12-16-25)32(41)26(31(37)40)17-30(39)36-19-23-5-1-2-6-27(23)34;/h1-16,26H,17-20,35H2,(H,36,39);1H. The predicted molar refractivity (Wildman–Crippen MR) is 164 cm³/mol. The first kappa shape index (κ1) is 30.7. The number of nitrogens with one attached hydrogen (secondary N) is 1. The van der Waals surface area contributed by atoms with Gasteiger partial charge in [0.2, 0.25) is 17.7 Å². The molecule has 3 N–H and O–H groups in total. The fraction of sp³-hybridized carbons (Fsp3) is 0.156. The zero-order valence-electron chi connectivity index (χ0n) is 22.5. The molecule has 4 aromatic rings. The second kappa shape index (κ2) is 13.6. The molecule has 0 aliphatic carbocycles. The Labute approximate surface area is 254 Å². The minimum Gasteiger partial charge on any atom is -0.352 e. The number of amides is 3. The van der Waals surface area contributed by atoms with Crippen molar-refractivity contribution in [2.75, 3.05) is 9.80 Å². The lowest BCUT2D eigenvalue weighted by Gasteiger charge is -2.26. The smallest absolute Gasteiger partial charge is 0.244 e. The summed E-state index contributed by atoms with van der Waals surface area (Å²) in [6.45, 7) is 0.427. The van der Waals surface area contributed by atoms with E-state index in [0.717, 1.165) is 11.1 Å². The van der Waals surface area contributed by atoms with Crippen molar-refractivity contribution in [3.8, 4) is 0 Å². The van der Waals surface area contributed by atoms with Crippen LogP contribution in [0.5, 0.6) is 0 Å². The lowest BCUT2D eigenvalue weighted by molar-refractivity contribution is -0.136. The summed E-state index contributed by atoms with van der Waals surface area (Å²) in [4.78, 5) is 44.4. The summed E-state index contributed by atoms with van der Waals surface area (Å²) in [5, 5.41) is 3.22. The summed E-state index contributed by atoms with van der Waals surface area (Å²) in [6, 6.07) is 27.5. The molecular weight excluding hydrogens is 578 g/mol. The number of carbonyl (C=O) groups is 3. The Morgan fingerprint density at radius 3 is 2.12 bits per heavy atom. The molecule has 10 heteroatoms. The number of benzene rings is 4. The monoisotopic (exact) mass is 606 g/mol. The maximum atomic E-state index is 14.2. The van der Waals surface area contributed by atoms with Gasteiger partial charge in [-0.15, -0.1) is 12.4 Å². The van der Waals surface area contributed by atoms with Crippen LogP contribution in [0.4, 0.5) is 21.5 Å². The molecule has 3 amide bonds. The Kier molecular flexibility index (Phi) is 9.96. The van der Waals surface area contributed by atoms with Crippen molar-refractivity contribution in [3.05, 3.63) is 125 Å². The maximum Gasteiger partial charge on any atom is 0.244 e. The first-order chi connectivity index (χ1) is 19.9. The van der Waals surface area contributed by atoms with Crippen molar-refractivity contribution < 1.29 is 18.8 Å². The van der Waals surface area contributed by atoms with Crippen LogP contribution in [0.15, 0.2) is 97.1 Å². The summed E-state index contributed by atoms with van der Waals surface area (Å²) in [6.07, 6.45) is -0.408. The van der Waals surface area contributed by atoms with E-state index < -0.39 is 35.9 Å². The quantitative estimate of drug-likeness (QED) is 0.244. The van der Waals surface area contributed by atoms with E-state index >= 15 is 0 Å². The lowest BCUT2D eigenvalue weighted by atomic mass is 10.0. The molecule has 0 saturated carbocycles. The molecule has 4 aromatic carbocycles. The van der Waals surface area contributed by atoms with Gasteiger partial charge in [-0.05, 0) is 53.6 Å². The minimum atomic E-state index is -1.33. The first-order valence-electron chi connectivity index (χ1n) is 13.1. The SMILES string of the molecule is Cl.NCc1ccc(N2C(=O)C(CC(=O)NCc3ccccc3F)C(=O)N(Cc3ccc(Cl)cc3)c3ccccc32)cc1. The van der Waals surface area contributed by atoms with Crippen molar-refractivity contribution in [3.63, 3.8) is 0 Å². The third-order valence-corrected chi connectivity index (χ3v) is 7.26. The average Bonchev–Trinajstić information content (AvgIpc) is 3.07. The summed E-state index contributed by atoms with van der Waals surface area (Å²) in [7, 11) is 0. The number of anilines is 3. The molecule has 0 spiro atoms. The van der Waals surface area contributed by atoms with Crippen LogP contribution in [0.25, 0.3) is 0 Å². The number of carbonyl (C=O) groups excluding carboxylic acids is 3. The van der Waals surface area contributed by atoms with Crippen molar-refractivity contribution in [2.45, 2.75) is 26.1 Å². The van der Waals surface area contributed by atoms with Gasteiger partial charge < -0.3 is 16.0 Å². The topological polar surface area (TPSA) is 95.7 Å². The van der Waals surface area contributed by atoms with Gasteiger partial charge in [-0.1, -0.05) is 66.2 Å². The summed E-state index contributed by atoms with van der Waals surface area (Å²) >= 11 is 6.07. The fourth-order valence-corrected chi connectivity index (χ4v) is 4.95. The number of hydrogen-bond donors (Lipinski definition) is 2. The molecule has 1 atom stereocenters. The molecule has 0 radical (unpaired) electrons. The van der Waals surface area contributed by atoms with Crippen molar-refractivity contribution in [1.82, 2.24) is 5.32 Å². The Balaban J connectivity index is 0.00000405. The number of fused-ring (bicyclic) bond motifs is 1. The second-order valence-electron chi connectivity index (χ2n) is 9.71. The van der Waals surface area contributed by atoms with Crippen LogP contribution < -0.4 is 20.9 Å². The number of halogens is 3. The van der Waals surface area contributed by atoms with E-state index in [9.17, 15) is 18.8 Å². The highest BCUT2D eigenvalue weighted by molar-refractivity contribution is 6.30. The van der Waals surface area contributed by atoms with Crippen LogP contribution in [-0.2, 0) is 34.0 Å². The highest BCUT2D eigenvalue weighted by Gasteiger charge is 2.42. The molecule has 42 heavy (non-hydrogen) atoms. The van der Waals surface area contributed by atoms with Crippen LogP contribution >= 0.6 is 24.0 Å². The highest BCUT2D eigenvalue weighted by atomic mass is 35.5. The van der Waals surface area contributed by atoms with Gasteiger partial charge in [0.1, 0.15) is 11.7 Å². The van der Waals surface area contributed by atoms with Crippen LogP contribution in [-0.4, -0.2) is 17.7 Å². The molecule has 0 saturated heterocycles. The van der Waals surface area contributed by atoms with Crippen LogP contribution in [0.1, 0.15) is 23.1 Å². The largest absolute Gasteiger partial charge is 0.352 e. The van der Waals surface area contributed by atoms with Crippen molar-refractivity contribution >= 4 is 58.8 Å². The molecule has 0 aromatic heterocycles. The average molecular weight is 608 g/mol. The Morgan fingerprint density at radius 2 is 1.45 bits per heavy atom. The zero-order chi connectivity index (χ0) is 28.9. The van der Waals surface area contributed by atoms with E-state index in [1.807, 2.05) is 24.3 Å². The van der Waals surface area contributed by atoms with Gasteiger partial charge in [-0.2, -0.15) is 0 Å². The summed E-state index contributed by atoms with van der Waals surface area (Å²) < 4.78 is 14.1. The molecule has 1 heterocycles. The minimum absolute atomic E-state index is 0. The maximum absolute atomic E-state index is 14.2. The van der Waals surface area contributed by atoms with Crippen LogP contribution in [0.3, 0.4) is 0 Å². The first-order valence-corrected chi connectivity index (χ1v) is 13.5. The molecule has 1 aliphatic heterocycles. The molecular formula is C32H29Cl2FN4O3. The van der Waals surface area contributed by atoms with Crippen molar-refractivity contribution in [1.29, 1.82) is 0 Å². The van der Waals surface area contributed by atoms with Crippen LogP contribution in [0, 0.1) is 11.7 Å². The number of nitrogens with two attached hydrogens (primary N) is 1. The van der Waals surface area contributed by atoms with Gasteiger partial charge in [-0.3, -0.25) is 19.3 Å². The molecule has 0 fully saturated rings. The Morgan fingerprint density at radius 1 is 0.833 bits per heavy atom. The lowest BCUT2D eigenvalue weighted by Crippen LogP contribution is -2.43. The van der Waals surface area contributed by atoms with Gasteiger partial charge in [0.15, 0.2) is 0 Å². The molecule has 7 nitrogen and oxygen atoms in total. The zero-order valence-corrected chi connectivity index (χ0v) is 24.1. The van der Waals surface area contributed by atoms with E-state index in [0.29, 0.717) is 34.2 Å². The van der Waals surface area contributed by atoms with Gasteiger partial charge >= 0.3 is 0 Å². The Bertz CT molecular complexity index is 1580. The number of nitrogens with zero attached hydrogens (tertiary/aromatic N) is 2. The highest BCUT2D eigenvalue weighted by Crippen LogP contribution is 2.40. The van der Waals surface area contributed by atoms with E-state index in [1.165, 1.54) is 15.9 Å². The van der Waals surface area contributed by atoms with Gasteiger partial charge in [-0.25, -0.2) is 4.39 Å². The molecule has 216 valence electrons. The van der Waals surface area contributed by atoms with Gasteiger partial charge in [0.05, 0.1) is 17.9 Å². The third kappa shape index (κ3) is 6.62. The van der Waals surface area contributed by atoms with E-state index in [-0.39, 0.29) is 25.5 Å². The van der Waals surface area contributed by atoms with E-state index in [1.54, 1.807) is 66.7 Å². The van der Waals surface area contributed by atoms with Crippen molar-refractivity contribution in [2.24, 2.45) is 11.7 Å². The van der Waals surface area contributed by atoms with E-state index in [4.69, 9.17) is 17.3 Å². The third-order valence-electron chi connectivity index (χ3n) is 7.00. The Hall–Kier alpha value is -4.24. The van der Waals surface area contributed by atoms with Crippen LogP contribution in [0.2, 0.25) is 5.02 Å². The second-order valence-corrected chi connectivity index (χ2v) is 10.1. The molecule has 1 aliphatic rings.